The molecule has 0 unspecified atom stereocenters. The molecule has 0 spiro atoms. The van der Waals surface area contributed by atoms with Crippen molar-refractivity contribution in [2.24, 2.45) is 0 Å². The molecule has 92 valence electrons. The standard InChI is InChI=1S/C13H24N2O/c16-13(14-9-5-1-2-6-10-14)15-11-7-3-4-8-12-15/h1-12H2. The maximum absolute atomic E-state index is 12.3. The van der Waals surface area contributed by atoms with E-state index in [1.54, 1.807) is 0 Å². The van der Waals surface area contributed by atoms with Crippen LogP contribution >= 0.6 is 0 Å². The van der Waals surface area contributed by atoms with Gasteiger partial charge in [0.2, 0.25) is 0 Å². The van der Waals surface area contributed by atoms with Crippen molar-refractivity contribution in [1.29, 1.82) is 0 Å². The molecular weight excluding hydrogens is 200 g/mol. The fraction of sp³-hybridized carbons (Fsp3) is 0.923. The summed E-state index contributed by atoms with van der Waals surface area (Å²) in [5, 5.41) is 0. The molecule has 2 fully saturated rings. The zero-order chi connectivity index (χ0) is 11.2. The smallest absolute Gasteiger partial charge is 0.319 e. The van der Waals surface area contributed by atoms with Gasteiger partial charge in [0.05, 0.1) is 0 Å². The van der Waals surface area contributed by atoms with Crippen LogP contribution in [0.5, 0.6) is 0 Å². The second-order valence-electron chi connectivity index (χ2n) is 5.09. The molecule has 2 aliphatic heterocycles. The Bertz CT molecular complexity index is 192. The minimum atomic E-state index is 0.309. The van der Waals surface area contributed by atoms with Crippen molar-refractivity contribution in [2.75, 3.05) is 26.2 Å². The van der Waals surface area contributed by atoms with E-state index in [1.807, 2.05) is 0 Å². The van der Waals surface area contributed by atoms with Crippen LogP contribution in [0.25, 0.3) is 0 Å². The Labute approximate surface area is 98.8 Å². The molecule has 2 amide bonds. The molecule has 0 aromatic rings. The van der Waals surface area contributed by atoms with Crippen LogP contribution in [0.3, 0.4) is 0 Å². The molecule has 0 aromatic heterocycles. The normalized spacial score (nSPS) is 23.8. The number of nitrogens with zero attached hydrogens (tertiary/aromatic N) is 2. The molecule has 0 N–H and O–H groups in total. The van der Waals surface area contributed by atoms with Gasteiger partial charge in [-0.2, -0.15) is 0 Å². The van der Waals surface area contributed by atoms with Crippen LogP contribution in [-0.4, -0.2) is 42.0 Å². The van der Waals surface area contributed by atoms with E-state index in [4.69, 9.17) is 0 Å². The van der Waals surface area contributed by atoms with Crippen molar-refractivity contribution in [2.45, 2.75) is 51.4 Å². The number of amides is 2. The van der Waals surface area contributed by atoms with Gasteiger partial charge in [-0.05, 0) is 25.7 Å². The minimum Gasteiger partial charge on any atom is -0.325 e. The highest BCUT2D eigenvalue weighted by molar-refractivity contribution is 5.74. The quantitative estimate of drug-likeness (QED) is 0.620. The topological polar surface area (TPSA) is 23.6 Å². The van der Waals surface area contributed by atoms with Crippen molar-refractivity contribution >= 4 is 6.03 Å². The number of carbonyl (C=O) groups excluding carboxylic acids is 1. The lowest BCUT2D eigenvalue weighted by Gasteiger charge is -2.29. The molecule has 16 heavy (non-hydrogen) atoms. The van der Waals surface area contributed by atoms with Crippen LogP contribution in [0.1, 0.15) is 51.4 Å². The summed E-state index contributed by atoms with van der Waals surface area (Å²) in [5.41, 5.74) is 0. The predicted molar refractivity (Wildman–Crippen MR) is 65.5 cm³/mol. The first kappa shape index (κ1) is 11.7. The molecule has 3 heteroatoms. The number of likely N-dealkylation sites (tertiary alicyclic amines) is 2. The molecule has 2 saturated heterocycles. The van der Waals surface area contributed by atoms with Gasteiger partial charge in [-0.3, -0.25) is 0 Å². The highest BCUT2D eigenvalue weighted by Gasteiger charge is 2.22. The molecule has 0 atom stereocenters. The van der Waals surface area contributed by atoms with E-state index >= 15 is 0 Å². The predicted octanol–water partition coefficient (Wildman–Crippen LogP) is 2.86. The van der Waals surface area contributed by atoms with Crippen LogP contribution in [0, 0.1) is 0 Å². The molecular formula is C13H24N2O. The molecule has 0 saturated carbocycles. The summed E-state index contributed by atoms with van der Waals surface area (Å²) in [4.78, 5) is 16.5. The average molecular weight is 224 g/mol. The van der Waals surface area contributed by atoms with E-state index < -0.39 is 0 Å². The lowest BCUT2D eigenvalue weighted by atomic mass is 10.2. The van der Waals surface area contributed by atoms with Gasteiger partial charge in [0, 0.05) is 26.2 Å². The second-order valence-corrected chi connectivity index (χ2v) is 5.09. The van der Waals surface area contributed by atoms with Crippen molar-refractivity contribution < 1.29 is 4.79 Å². The van der Waals surface area contributed by atoms with Crippen LogP contribution in [0.15, 0.2) is 0 Å². The highest BCUT2D eigenvalue weighted by Crippen LogP contribution is 2.15. The summed E-state index contributed by atoms with van der Waals surface area (Å²) < 4.78 is 0. The number of carbonyl (C=O) groups is 1. The van der Waals surface area contributed by atoms with E-state index in [2.05, 4.69) is 9.80 Å². The van der Waals surface area contributed by atoms with E-state index in [9.17, 15) is 4.79 Å². The summed E-state index contributed by atoms with van der Waals surface area (Å²) in [6.45, 7) is 3.93. The van der Waals surface area contributed by atoms with E-state index in [0.29, 0.717) is 6.03 Å². The number of hydrogen-bond acceptors (Lipinski definition) is 1. The summed E-state index contributed by atoms with van der Waals surface area (Å²) in [6, 6.07) is 0.309. The Morgan fingerprint density at radius 3 is 1.19 bits per heavy atom. The van der Waals surface area contributed by atoms with Crippen molar-refractivity contribution in [3.63, 3.8) is 0 Å². The van der Waals surface area contributed by atoms with E-state index in [1.165, 1.54) is 51.4 Å². The Kier molecular flexibility index (Phi) is 4.49. The van der Waals surface area contributed by atoms with Crippen LogP contribution in [0.4, 0.5) is 4.79 Å². The summed E-state index contributed by atoms with van der Waals surface area (Å²) in [7, 11) is 0. The number of rotatable bonds is 0. The van der Waals surface area contributed by atoms with Gasteiger partial charge >= 0.3 is 6.03 Å². The average Bonchev–Trinajstić information content (AvgIpc) is 2.73. The Morgan fingerprint density at radius 1 is 0.562 bits per heavy atom. The van der Waals surface area contributed by atoms with E-state index in [0.717, 1.165) is 26.2 Å². The van der Waals surface area contributed by atoms with Crippen molar-refractivity contribution in [1.82, 2.24) is 9.80 Å². The zero-order valence-electron chi connectivity index (χ0n) is 10.3. The highest BCUT2D eigenvalue weighted by atomic mass is 16.2. The molecule has 0 aliphatic carbocycles. The summed E-state index contributed by atoms with van der Waals surface area (Å²) >= 11 is 0. The SMILES string of the molecule is O=C(N1CCCCCC1)N1CCCCCC1. The maximum atomic E-state index is 12.3. The van der Waals surface area contributed by atoms with Gasteiger partial charge in [-0.25, -0.2) is 4.79 Å². The molecule has 0 aromatic carbocycles. The van der Waals surface area contributed by atoms with Gasteiger partial charge in [0.1, 0.15) is 0 Å². The third kappa shape index (κ3) is 3.13. The first-order valence-electron chi connectivity index (χ1n) is 6.92. The summed E-state index contributed by atoms with van der Waals surface area (Å²) in [5.74, 6) is 0. The summed E-state index contributed by atoms with van der Waals surface area (Å²) in [6.07, 6.45) is 9.96. The van der Waals surface area contributed by atoms with Crippen molar-refractivity contribution in [3.05, 3.63) is 0 Å². The molecule has 0 bridgehead atoms. The third-order valence-corrected chi connectivity index (χ3v) is 3.75. The van der Waals surface area contributed by atoms with Gasteiger partial charge in [0.15, 0.2) is 0 Å². The first-order valence-corrected chi connectivity index (χ1v) is 6.92. The molecule has 2 aliphatic rings. The monoisotopic (exact) mass is 224 g/mol. The Balaban J connectivity index is 1.88. The minimum absolute atomic E-state index is 0.309. The molecule has 2 rings (SSSR count). The van der Waals surface area contributed by atoms with Crippen molar-refractivity contribution in [3.8, 4) is 0 Å². The van der Waals surface area contributed by atoms with Gasteiger partial charge in [0.25, 0.3) is 0 Å². The largest absolute Gasteiger partial charge is 0.325 e. The second kappa shape index (κ2) is 6.12. The molecule has 0 radical (unpaired) electrons. The lowest BCUT2D eigenvalue weighted by Crippen LogP contribution is -2.44. The molecule has 2 heterocycles. The Hall–Kier alpha value is -0.730. The van der Waals surface area contributed by atoms with Crippen LogP contribution < -0.4 is 0 Å². The fourth-order valence-corrected chi connectivity index (χ4v) is 2.72. The Morgan fingerprint density at radius 2 is 0.875 bits per heavy atom. The van der Waals surface area contributed by atoms with E-state index in [-0.39, 0.29) is 0 Å². The lowest BCUT2D eigenvalue weighted by molar-refractivity contribution is 0.156. The third-order valence-electron chi connectivity index (χ3n) is 3.75. The van der Waals surface area contributed by atoms with Gasteiger partial charge in [-0.15, -0.1) is 0 Å². The van der Waals surface area contributed by atoms with Crippen LogP contribution in [0.2, 0.25) is 0 Å². The van der Waals surface area contributed by atoms with Crippen LogP contribution in [-0.2, 0) is 0 Å². The number of urea groups is 1. The fourth-order valence-electron chi connectivity index (χ4n) is 2.72. The first-order chi connectivity index (χ1) is 7.88. The van der Waals surface area contributed by atoms with Gasteiger partial charge in [-0.1, -0.05) is 25.7 Å². The number of hydrogen-bond donors (Lipinski definition) is 0. The molecule has 3 nitrogen and oxygen atoms in total. The van der Waals surface area contributed by atoms with Gasteiger partial charge < -0.3 is 9.80 Å². The zero-order valence-corrected chi connectivity index (χ0v) is 10.3. The maximum Gasteiger partial charge on any atom is 0.319 e.